The molecule has 1 unspecified atom stereocenters. The van der Waals surface area contributed by atoms with Crippen molar-refractivity contribution in [2.75, 3.05) is 26.8 Å². The number of hydrogen-bond acceptors (Lipinski definition) is 4. The van der Waals surface area contributed by atoms with Crippen molar-refractivity contribution in [1.29, 1.82) is 0 Å². The van der Waals surface area contributed by atoms with E-state index in [1.165, 1.54) is 0 Å². The van der Waals surface area contributed by atoms with E-state index >= 15 is 0 Å². The van der Waals surface area contributed by atoms with Gasteiger partial charge in [-0.1, -0.05) is 0 Å². The molecule has 20 heavy (non-hydrogen) atoms. The lowest BCUT2D eigenvalue weighted by molar-refractivity contribution is 0.186. The van der Waals surface area contributed by atoms with E-state index < -0.39 is 10.0 Å². The molecule has 1 aliphatic heterocycles. The molecule has 2 rings (SSSR count). The highest BCUT2D eigenvalue weighted by Gasteiger charge is 2.21. The van der Waals surface area contributed by atoms with Crippen LogP contribution in [0.2, 0.25) is 0 Å². The van der Waals surface area contributed by atoms with Crippen molar-refractivity contribution in [1.82, 2.24) is 14.6 Å². The van der Waals surface area contributed by atoms with Gasteiger partial charge in [-0.25, -0.2) is 13.1 Å². The van der Waals surface area contributed by atoms with Crippen LogP contribution in [0.1, 0.15) is 19.0 Å². The zero-order valence-electron chi connectivity index (χ0n) is 12.1. The molecule has 1 saturated heterocycles. The largest absolute Gasteiger partial charge is 0.381 e. The van der Waals surface area contributed by atoms with Gasteiger partial charge >= 0.3 is 0 Å². The lowest BCUT2D eigenvalue weighted by Gasteiger charge is -2.09. The highest BCUT2D eigenvalue weighted by atomic mass is 32.2. The number of aromatic nitrogens is 1. The molecular formula is C13H23N3O3S. The molecule has 2 heterocycles. The van der Waals surface area contributed by atoms with Gasteiger partial charge in [0.05, 0.1) is 11.5 Å². The van der Waals surface area contributed by atoms with E-state index in [1.54, 1.807) is 12.3 Å². The number of sulfonamides is 1. The summed E-state index contributed by atoms with van der Waals surface area (Å²) in [6.45, 7) is 5.22. The summed E-state index contributed by atoms with van der Waals surface area (Å²) in [5.41, 5.74) is 0.972. The third-order valence-electron chi connectivity index (χ3n) is 3.56. The molecule has 2 N–H and O–H groups in total. The number of nitrogens with zero attached hydrogens (tertiary/aromatic N) is 1. The van der Waals surface area contributed by atoms with Crippen LogP contribution in [-0.4, -0.2) is 39.8 Å². The average Bonchev–Trinajstić information content (AvgIpc) is 3.06. The SMILES string of the molecule is CCn1cc(S(=O)(=O)NCC2CCOC2)cc1CNC. The third kappa shape index (κ3) is 3.60. The summed E-state index contributed by atoms with van der Waals surface area (Å²) in [4.78, 5) is 0.337. The fraction of sp³-hybridized carbons (Fsp3) is 0.692. The van der Waals surface area contributed by atoms with Crippen LogP contribution in [0.15, 0.2) is 17.2 Å². The van der Waals surface area contributed by atoms with Gasteiger partial charge in [0, 0.05) is 38.1 Å². The van der Waals surface area contributed by atoms with Crippen LogP contribution < -0.4 is 10.0 Å². The van der Waals surface area contributed by atoms with E-state index in [9.17, 15) is 8.42 Å². The molecular weight excluding hydrogens is 278 g/mol. The van der Waals surface area contributed by atoms with Crippen LogP contribution in [0.25, 0.3) is 0 Å². The molecule has 0 saturated carbocycles. The van der Waals surface area contributed by atoms with Crippen LogP contribution in [0, 0.1) is 5.92 Å². The van der Waals surface area contributed by atoms with Gasteiger partial charge in [-0.05, 0) is 32.4 Å². The predicted octanol–water partition coefficient (Wildman–Crippen LogP) is 0.542. The van der Waals surface area contributed by atoms with E-state index in [0.29, 0.717) is 24.6 Å². The van der Waals surface area contributed by atoms with Crippen LogP contribution in [0.3, 0.4) is 0 Å². The van der Waals surface area contributed by atoms with Gasteiger partial charge < -0.3 is 14.6 Å². The first kappa shape index (κ1) is 15.5. The predicted molar refractivity (Wildman–Crippen MR) is 77.0 cm³/mol. The number of aryl methyl sites for hydroxylation is 1. The van der Waals surface area contributed by atoms with Gasteiger partial charge in [0.1, 0.15) is 0 Å². The summed E-state index contributed by atoms with van der Waals surface area (Å²) < 4.78 is 34.5. The minimum Gasteiger partial charge on any atom is -0.381 e. The molecule has 0 aliphatic carbocycles. The number of nitrogens with one attached hydrogen (secondary N) is 2. The number of ether oxygens (including phenoxy) is 1. The topological polar surface area (TPSA) is 72.4 Å². The van der Waals surface area contributed by atoms with E-state index in [1.807, 2.05) is 18.5 Å². The molecule has 0 amide bonds. The van der Waals surface area contributed by atoms with Crippen molar-refractivity contribution >= 4 is 10.0 Å². The summed E-state index contributed by atoms with van der Waals surface area (Å²) in [7, 11) is -1.59. The van der Waals surface area contributed by atoms with Crippen molar-refractivity contribution in [3.8, 4) is 0 Å². The first-order valence-electron chi connectivity index (χ1n) is 6.98. The van der Waals surface area contributed by atoms with E-state index in [2.05, 4.69) is 10.0 Å². The zero-order chi connectivity index (χ0) is 14.6. The van der Waals surface area contributed by atoms with Gasteiger partial charge in [-0.3, -0.25) is 0 Å². The average molecular weight is 301 g/mol. The Kier molecular flexibility index (Phi) is 5.20. The maximum absolute atomic E-state index is 12.3. The van der Waals surface area contributed by atoms with Gasteiger partial charge in [0.25, 0.3) is 0 Å². The van der Waals surface area contributed by atoms with Gasteiger partial charge in [0.15, 0.2) is 0 Å². The Balaban J connectivity index is 2.07. The van der Waals surface area contributed by atoms with Crippen molar-refractivity contribution in [2.24, 2.45) is 5.92 Å². The van der Waals surface area contributed by atoms with Gasteiger partial charge in [-0.2, -0.15) is 0 Å². The van der Waals surface area contributed by atoms with Crippen molar-refractivity contribution in [3.63, 3.8) is 0 Å². The first-order chi connectivity index (χ1) is 9.56. The fourth-order valence-corrected chi connectivity index (χ4v) is 3.53. The van der Waals surface area contributed by atoms with E-state index in [0.717, 1.165) is 25.3 Å². The molecule has 1 aromatic rings. The van der Waals surface area contributed by atoms with E-state index in [4.69, 9.17) is 4.74 Å². The standard InChI is InChI=1S/C13H23N3O3S/c1-3-16-9-13(6-12(16)8-14-2)20(17,18)15-7-11-4-5-19-10-11/h6,9,11,14-15H,3-5,7-8,10H2,1-2H3. The Hall–Kier alpha value is -0.890. The summed E-state index contributed by atoms with van der Waals surface area (Å²) in [5, 5.41) is 3.05. The van der Waals surface area contributed by atoms with Crippen molar-refractivity contribution in [2.45, 2.75) is 31.3 Å². The summed E-state index contributed by atoms with van der Waals surface area (Å²) in [6.07, 6.45) is 2.61. The second kappa shape index (κ2) is 6.71. The number of rotatable bonds is 7. The monoisotopic (exact) mass is 301 g/mol. The smallest absolute Gasteiger partial charge is 0.242 e. The zero-order valence-corrected chi connectivity index (χ0v) is 12.9. The highest BCUT2D eigenvalue weighted by molar-refractivity contribution is 7.89. The highest BCUT2D eigenvalue weighted by Crippen LogP contribution is 2.16. The minimum atomic E-state index is -3.43. The van der Waals surface area contributed by atoms with Crippen molar-refractivity contribution < 1.29 is 13.2 Å². The quantitative estimate of drug-likeness (QED) is 0.771. The molecule has 0 bridgehead atoms. The van der Waals surface area contributed by atoms with Gasteiger partial charge in [0.2, 0.25) is 10.0 Å². The summed E-state index contributed by atoms with van der Waals surface area (Å²) in [5.74, 6) is 0.287. The lowest BCUT2D eigenvalue weighted by Crippen LogP contribution is -2.29. The Morgan fingerprint density at radius 2 is 2.30 bits per heavy atom. The Morgan fingerprint density at radius 3 is 2.90 bits per heavy atom. The van der Waals surface area contributed by atoms with Crippen LogP contribution >= 0.6 is 0 Å². The molecule has 114 valence electrons. The molecule has 1 aliphatic rings. The molecule has 6 nitrogen and oxygen atoms in total. The molecule has 1 atom stereocenters. The first-order valence-corrected chi connectivity index (χ1v) is 8.46. The maximum Gasteiger partial charge on any atom is 0.242 e. The molecule has 1 aromatic heterocycles. The minimum absolute atomic E-state index is 0.287. The van der Waals surface area contributed by atoms with Crippen LogP contribution in [0.4, 0.5) is 0 Å². The van der Waals surface area contributed by atoms with Gasteiger partial charge in [-0.15, -0.1) is 0 Å². The summed E-state index contributed by atoms with van der Waals surface area (Å²) in [6, 6.07) is 1.73. The Labute approximate surface area is 120 Å². The molecule has 1 fully saturated rings. The van der Waals surface area contributed by atoms with E-state index in [-0.39, 0.29) is 5.92 Å². The molecule has 0 radical (unpaired) electrons. The maximum atomic E-state index is 12.3. The number of hydrogen-bond donors (Lipinski definition) is 2. The lowest BCUT2D eigenvalue weighted by atomic mass is 10.1. The van der Waals surface area contributed by atoms with Crippen LogP contribution in [0.5, 0.6) is 0 Å². The second-order valence-electron chi connectivity index (χ2n) is 5.07. The Morgan fingerprint density at radius 1 is 1.50 bits per heavy atom. The molecule has 0 spiro atoms. The Bertz CT molecular complexity index is 533. The second-order valence-corrected chi connectivity index (χ2v) is 6.83. The fourth-order valence-electron chi connectivity index (χ4n) is 2.35. The third-order valence-corrected chi connectivity index (χ3v) is 4.95. The molecule has 0 aromatic carbocycles. The summed E-state index contributed by atoms with van der Waals surface area (Å²) >= 11 is 0. The van der Waals surface area contributed by atoms with Crippen LogP contribution in [-0.2, 0) is 27.8 Å². The van der Waals surface area contributed by atoms with Crippen molar-refractivity contribution in [3.05, 3.63) is 18.0 Å². The normalized spacial score (nSPS) is 19.6. The molecule has 7 heteroatoms.